The van der Waals surface area contributed by atoms with Crippen molar-refractivity contribution in [1.82, 2.24) is 9.88 Å². The molecule has 0 bridgehead atoms. The van der Waals surface area contributed by atoms with Gasteiger partial charge in [0, 0.05) is 37.3 Å². The maximum absolute atomic E-state index is 12.7. The molecule has 1 aromatic rings. The number of amides is 1. The van der Waals surface area contributed by atoms with Gasteiger partial charge in [0.2, 0.25) is 5.91 Å². The quantitative estimate of drug-likeness (QED) is 0.828. The first-order valence-electron chi connectivity index (χ1n) is 8.00. The number of carbonyl (C=O) groups excluding carboxylic acids is 1. The van der Waals surface area contributed by atoms with Crippen LogP contribution in [0.15, 0.2) is 24.5 Å². The topological polar surface area (TPSA) is 33.2 Å². The van der Waals surface area contributed by atoms with Gasteiger partial charge in [0.05, 0.1) is 0 Å². The molecule has 3 aliphatic rings. The summed E-state index contributed by atoms with van der Waals surface area (Å²) in [5, 5.41) is 0. The molecule has 4 rings (SSSR count). The molecule has 3 fully saturated rings. The lowest BCUT2D eigenvalue weighted by Crippen LogP contribution is -2.35. The van der Waals surface area contributed by atoms with Gasteiger partial charge < -0.3 is 4.90 Å². The third-order valence-corrected chi connectivity index (χ3v) is 5.55. The number of carbonyl (C=O) groups is 1. The van der Waals surface area contributed by atoms with Crippen LogP contribution in [0.5, 0.6) is 0 Å². The first kappa shape index (κ1) is 12.4. The largest absolute Gasteiger partial charge is 0.342 e. The van der Waals surface area contributed by atoms with Gasteiger partial charge in [-0.3, -0.25) is 9.78 Å². The molecule has 2 saturated carbocycles. The number of nitrogens with zero attached hydrogens (tertiary/aromatic N) is 2. The lowest BCUT2D eigenvalue weighted by molar-refractivity contribution is -0.135. The van der Waals surface area contributed by atoms with Crippen molar-refractivity contribution in [3.8, 4) is 0 Å². The lowest BCUT2D eigenvalue weighted by atomic mass is 9.88. The predicted octanol–water partition coefficient (Wildman–Crippen LogP) is 2.83. The van der Waals surface area contributed by atoms with Crippen LogP contribution in [0.3, 0.4) is 0 Å². The van der Waals surface area contributed by atoms with E-state index in [1.807, 2.05) is 18.5 Å². The molecule has 1 amide bonds. The van der Waals surface area contributed by atoms with Crippen molar-refractivity contribution in [1.29, 1.82) is 0 Å². The van der Waals surface area contributed by atoms with E-state index in [2.05, 4.69) is 16.0 Å². The van der Waals surface area contributed by atoms with Crippen LogP contribution in [0.25, 0.3) is 0 Å². The van der Waals surface area contributed by atoms with Crippen molar-refractivity contribution in [3.63, 3.8) is 0 Å². The van der Waals surface area contributed by atoms with Gasteiger partial charge in [-0.25, -0.2) is 0 Å². The normalized spacial score (nSPS) is 35.7. The van der Waals surface area contributed by atoms with Crippen LogP contribution < -0.4 is 0 Å². The summed E-state index contributed by atoms with van der Waals surface area (Å²) in [6, 6.07) is 4.13. The third-order valence-electron chi connectivity index (χ3n) is 5.55. The van der Waals surface area contributed by atoms with Crippen molar-refractivity contribution in [2.24, 2.45) is 17.8 Å². The summed E-state index contributed by atoms with van der Waals surface area (Å²) in [5.41, 5.74) is 1.29. The fourth-order valence-corrected chi connectivity index (χ4v) is 4.18. The molecule has 4 atom stereocenters. The first-order valence-corrected chi connectivity index (χ1v) is 8.00. The van der Waals surface area contributed by atoms with Gasteiger partial charge in [0.25, 0.3) is 0 Å². The Bertz CT molecular complexity index is 501. The van der Waals surface area contributed by atoms with E-state index < -0.39 is 0 Å². The molecule has 0 N–H and O–H groups in total. The van der Waals surface area contributed by atoms with Crippen LogP contribution in [0.1, 0.15) is 43.6 Å². The highest BCUT2D eigenvalue weighted by atomic mass is 16.2. The molecule has 2 heterocycles. The number of likely N-dealkylation sites (tertiary alicyclic amines) is 1. The second-order valence-electron chi connectivity index (χ2n) is 6.82. The molecule has 0 aromatic carbocycles. The van der Waals surface area contributed by atoms with Gasteiger partial charge >= 0.3 is 0 Å². The Morgan fingerprint density at radius 3 is 2.95 bits per heavy atom. The van der Waals surface area contributed by atoms with E-state index in [9.17, 15) is 4.79 Å². The summed E-state index contributed by atoms with van der Waals surface area (Å²) in [4.78, 5) is 19.0. The van der Waals surface area contributed by atoms with Gasteiger partial charge in [-0.2, -0.15) is 0 Å². The fourth-order valence-electron chi connectivity index (χ4n) is 4.18. The lowest BCUT2D eigenvalue weighted by Gasteiger charge is -2.26. The van der Waals surface area contributed by atoms with E-state index in [0.29, 0.717) is 17.7 Å². The van der Waals surface area contributed by atoms with Crippen molar-refractivity contribution in [3.05, 3.63) is 30.1 Å². The molecule has 2 aliphatic carbocycles. The number of rotatable bonds is 2. The van der Waals surface area contributed by atoms with Crippen LogP contribution in [0.4, 0.5) is 0 Å². The first-order chi connectivity index (χ1) is 9.81. The molecule has 106 valence electrons. The van der Waals surface area contributed by atoms with Gasteiger partial charge in [0.15, 0.2) is 0 Å². The van der Waals surface area contributed by atoms with Crippen LogP contribution in [-0.4, -0.2) is 28.9 Å². The molecular formula is C17H22N2O. The van der Waals surface area contributed by atoms with Crippen LogP contribution in [0, 0.1) is 17.8 Å². The van der Waals surface area contributed by atoms with E-state index in [-0.39, 0.29) is 0 Å². The average molecular weight is 270 g/mol. The van der Waals surface area contributed by atoms with Crippen molar-refractivity contribution < 1.29 is 4.79 Å². The molecule has 20 heavy (non-hydrogen) atoms. The molecule has 1 aromatic heterocycles. The van der Waals surface area contributed by atoms with Crippen LogP contribution in [-0.2, 0) is 4.79 Å². The minimum Gasteiger partial charge on any atom is -0.342 e. The average Bonchev–Trinajstić information content (AvgIpc) is 3.11. The zero-order valence-electron chi connectivity index (χ0n) is 11.9. The molecule has 0 spiro atoms. The van der Waals surface area contributed by atoms with Crippen molar-refractivity contribution in [2.75, 3.05) is 13.1 Å². The second-order valence-corrected chi connectivity index (χ2v) is 6.82. The summed E-state index contributed by atoms with van der Waals surface area (Å²) in [7, 11) is 0. The zero-order valence-corrected chi connectivity index (χ0v) is 11.9. The van der Waals surface area contributed by atoms with E-state index in [1.54, 1.807) is 0 Å². The number of aromatic nitrogens is 1. The Balaban J connectivity index is 1.39. The highest BCUT2D eigenvalue weighted by Gasteiger charge is 2.45. The van der Waals surface area contributed by atoms with E-state index in [4.69, 9.17) is 0 Å². The summed E-state index contributed by atoms with van der Waals surface area (Å²) in [6.45, 7) is 1.83. The molecule has 0 radical (unpaired) electrons. The highest BCUT2D eigenvalue weighted by molar-refractivity contribution is 5.79. The molecule has 3 nitrogen and oxygen atoms in total. The van der Waals surface area contributed by atoms with Gasteiger partial charge in [-0.15, -0.1) is 0 Å². The van der Waals surface area contributed by atoms with Gasteiger partial charge in [-0.1, -0.05) is 6.07 Å². The minimum absolute atomic E-state index is 0.325. The predicted molar refractivity (Wildman–Crippen MR) is 77.1 cm³/mol. The number of hydrogen-bond donors (Lipinski definition) is 0. The highest BCUT2D eigenvalue weighted by Crippen LogP contribution is 2.51. The monoisotopic (exact) mass is 270 g/mol. The van der Waals surface area contributed by atoms with Crippen LogP contribution in [0.2, 0.25) is 0 Å². The Kier molecular flexibility index (Phi) is 3.01. The maximum Gasteiger partial charge on any atom is 0.225 e. The van der Waals surface area contributed by atoms with Crippen LogP contribution >= 0.6 is 0 Å². The SMILES string of the molecule is O=C(C1CCC2CC2C1)N1CCC(c2cccnc2)C1. The third kappa shape index (κ3) is 2.23. The van der Waals surface area contributed by atoms with Gasteiger partial charge in [-0.05, 0) is 55.6 Å². The Morgan fingerprint density at radius 2 is 2.15 bits per heavy atom. The Hall–Kier alpha value is -1.38. The second kappa shape index (κ2) is 4.87. The summed E-state index contributed by atoms with van der Waals surface area (Å²) < 4.78 is 0. The van der Waals surface area contributed by atoms with E-state index in [1.165, 1.54) is 18.4 Å². The minimum atomic E-state index is 0.325. The molecule has 4 unspecified atom stereocenters. The number of hydrogen-bond acceptors (Lipinski definition) is 2. The molecule has 1 saturated heterocycles. The maximum atomic E-state index is 12.7. The fraction of sp³-hybridized carbons (Fsp3) is 0.647. The standard InChI is InChI=1S/C17H22N2O/c20-17(13-4-3-12-8-16(12)9-13)19-7-5-15(11-19)14-2-1-6-18-10-14/h1-2,6,10,12-13,15-16H,3-5,7-9,11H2. The number of fused-ring (bicyclic) bond motifs is 1. The smallest absolute Gasteiger partial charge is 0.225 e. The Morgan fingerprint density at radius 1 is 1.20 bits per heavy atom. The number of pyridine rings is 1. The molecule has 3 heteroatoms. The Labute approximate surface area is 120 Å². The summed E-state index contributed by atoms with van der Waals surface area (Å²) >= 11 is 0. The molecular weight excluding hydrogens is 248 g/mol. The van der Waals surface area contributed by atoms with Crippen molar-refractivity contribution in [2.45, 2.75) is 38.0 Å². The van der Waals surface area contributed by atoms with E-state index >= 15 is 0 Å². The van der Waals surface area contributed by atoms with E-state index in [0.717, 1.165) is 44.2 Å². The zero-order chi connectivity index (χ0) is 13.5. The van der Waals surface area contributed by atoms with Gasteiger partial charge in [0.1, 0.15) is 0 Å². The molecule has 1 aliphatic heterocycles. The van der Waals surface area contributed by atoms with Crippen molar-refractivity contribution >= 4 is 5.91 Å². The summed E-state index contributed by atoms with van der Waals surface area (Å²) in [6.07, 6.45) is 9.84. The summed E-state index contributed by atoms with van der Waals surface area (Å²) in [5.74, 6) is 3.10.